The fourth-order valence-corrected chi connectivity index (χ4v) is 4.33. The van der Waals surface area contributed by atoms with Gasteiger partial charge in [-0.05, 0) is 30.2 Å². The maximum Gasteiger partial charge on any atom is 0.418 e. The van der Waals surface area contributed by atoms with Crippen LogP contribution in [0.1, 0.15) is 34.5 Å². The molecule has 3 amide bonds. The molecule has 2 atom stereocenters. The molecule has 2 unspecified atom stereocenters. The van der Waals surface area contributed by atoms with E-state index in [1.165, 1.54) is 26.4 Å². The van der Waals surface area contributed by atoms with Gasteiger partial charge in [-0.25, -0.2) is 9.69 Å². The molecule has 1 N–H and O–H groups in total. The Morgan fingerprint density at radius 3 is 2.08 bits per heavy atom. The van der Waals surface area contributed by atoms with Crippen LogP contribution in [0, 0.1) is 0 Å². The Morgan fingerprint density at radius 2 is 1.50 bits per heavy atom. The van der Waals surface area contributed by atoms with Crippen LogP contribution < -0.4 is 14.8 Å². The van der Waals surface area contributed by atoms with Crippen LogP contribution in [-0.2, 0) is 20.7 Å². The molecule has 1 fully saturated rings. The highest BCUT2D eigenvalue weighted by Crippen LogP contribution is 2.35. The molecular weight excluding hydrogens is 488 g/mol. The Balaban J connectivity index is 1.61. The van der Waals surface area contributed by atoms with Crippen molar-refractivity contribution in [3.8, 4) is 11.5 Å². The average Bonchev–Trinajstić information content (AvgIpc) is 3.21. The molecule has 0 saturated carbocycles. The monoisotopic (exact) mass is 516 g/mol. The number of amides is 3. The number of rotatable bonds is 10. The third-order valence-electron chi connectivity index (χ3n) is 6.44. The van der Waals surface area contributed by atoms with Gasteiger partial charge in [0.25, 0.3) is 17.4 Å². The van der Waals surface area contributed by atoms with Crippen molar-refractivity contribution in [2.45, 2.75) is 25.0 Å². The van der Waals surface area contributed by atoms with Gasteiger partial charge < -0.3 is 19.5 Å². The second-order valence-electron chi connectivity index (χ2n) is 8.83. The van der Waals surface area contributed by atoms with Gasteiger partial charge in [-0.2, -0.15) is 0 Å². The third-order valence-corrected chi connectivity index (χ3v) is 6.44. The van der Waals surface area contributed by atoms with Gasteiger partial charge in [0, 0.05) is 18.1 Å². The number of ketones is 1. The van der Waals surface area contributed by atoms with Crippen LogP contribution in [0.15, 0.2) is 78.9 Å². The zero-order valence-corrected chi connectivity index (χ0v) is 21.3. The zero-order chi connectivity index (χ0) is 27.3. The maximum absolute atomic E-state index is 13.8. The fourth-order valence-electron chi connectivity index (χ4n) is 4.33. The van der Waals surface area contributed by atoms with Gasteiger partial charge in [-0.3, -0.25) is 14.4 Å². The van der Waals surface area contributed by atoms with Crippen molar-refractivity contribution in [2.24, 2.45) is 0 Å². The first-order chi connectivity index (χ1) is 18.3. The van der Waals surface area contributed by atoms with E-state index < -0.39 is 41.9 Å². The number of hydrogen-bond acceptors (Lipinski definition) is 7. The van der Waals surface area contributed by atoms with Crippen molar-refractivity contribution in [3.05, 3.63) is 95.6 Å². The van der Waals surface area contributed by atoms with Crippen molar-refractivity contribution in [3.63, 3.8) is 0 Å². The summed E-state index contributed by atoms with van der Waals surface area (Å²) in [6.07, 6.45) is -1.12. The van der Waals surface area contributed by atoms with Crippen molar-refractivity contribution >= 4 is 23.7 Å². The number of hydrogen-bond donors (Lipinski definition) is 1. The maximum atomic E-state index is 13.8. The molecule has 0 aliphatic carbocycles. The minimum absolute atomic E-state index is 0.191. The van der Waals surface area contributed by atoms with E-state index in [0.717, 1.165) is 4.90 Å². The van der Waals surface area contributed by atoms with Crippen LogP contribution in [0.25, 0.3) is 0 Å². The fraction of sp³-hybridized carbons (Fsp3) is 0.241. The number of methoxy groups -OCH3 is 2. The molecule has 1 aliphatic rings. The van der Waals surface area contributed by atoms with Gasteiger partial charge in [0.1, 0.15) is 11.5 Å². The molecule has 9 heteroatoms. The average molecular weight is 517 g/mol. The van der Waals surface area contributed by atoms with Gasteiger partial charge >= 0.3 is 6.09 Å². The number of ether oxygens (including phenoxy) is 3. The van der Waals surface area contributed by atoms with Crippen molar-refractivity contribution in [1.29, 1.82) is 0 Å². The lowest BCUT2D eigenvalue weighted by Crippen LogP contribution is -2.55. The Kier molecular flexibility index (Phi) is 7.76. The Hall–Kier alpha value is -4.66. The number of benzene rings is 3. The summed E-state index contributed by atoms with van der Waals surface area (Å²) >= 11 is 0. The largest absolute Gasteiger partial charge is 0.497 e. The number of nitrogens with zero attached hydrogens (tertiary/aromatic N) is 1. The van der Waals surface area contributed by atoms with E-state index in [2.05, 4.69) is 5.32 Å². The summed E-state index contributed by atoms with van der Waals surface area (Å²) in [5.74, 6) is -1.31. The molecule has 1 saturated heterocycles. The summed E-state index contributed by atoms with van der Waals surface area (Å²) in [6.45, 7) is 1.25. The van der Waals surface area contributed by atoms with E-state index >= 15 is 0 Å². The normalized spacial score (nSPS) is 17.5. The smallest absolute Gasteiger partial charge is 0.418 e. The summed E-state index contributed by atoms with van der Waals surface area (Å²) in [7, 11) is 2.92. The van der Waals surface area contributed by atoms with Crippen LogP contribution in [0.3, 0.4) is 0 Å². The van der Waals surface area contributed by atoms with Crippen LogP contribution in [0.2, 0.25) is 0 Å². The minimum Gasteiger partial charge on any atom is -0.497 e. The van der Waals surface area contributed by atoms with E-state index in [1.807, 2.05) is 6.07 Å². The lowest BCUT2D eigenvalue weighted by molar-refractivity contribution is -0.149. The Labute approximate surface area is 220 Å². The SMILES string of the molecule is COc1cc(OC)cc(C(=O)CNC(=O)C2(Cc3ccccc3)OC(=O)N(C(C)c3ccccc3)C2=O)c1. The second-order valence-corrected chi connectivity index (χ2v) is 8.83. The van der Waals surface area contributed by atoms with Gasteiger partial charge in [-0.15, -0.1) is 0 Å². The lowest BCUT2D eigenvalue weighted by atomic mass is 9.91. The van der Waals surface area contributed by atoms with Crippen molar-refractivity contribution in [1.82, 2.24) is 10.2 Å². The number of imide groups is 1. The number of carbonyl (C=O) groups is 4. The molecule has 9 nitrogen and oxygen atoms in total. The topological polar surface area (TPSA) is 111 Å². The van der Waals surface area contributed by atoms with Gasteiger partial charge in [0.2, 0.25) is 0 Å². The third kappa shape index (κ3) is 5.22. The first-order valence-electron chi connectivity index (χ1n) is 12.0. The van der Waals surface area contributed by atoms with E-state index in [1.54, 1.807) is 67.6 Å². The van der Waals surface area contributed by atoms with Gasteiger partial charge in [0.15, 0.2) is 5.78 Å². The summed E-state index contributed by atoms with van der Waals surface area (Å²) in [6, 6.07) is 21.7. The van der Waals surface area contributed by atoms with E-state index in [-0.39, 0.29) is 12.0 Å². The highest BCUT2D eigenvalue weighted by atomic mass is 16.6. The van der Waals surface area contributed by atoms with E-state index in [0.29, 0.717) is 22.6 Å². The molecule has 3 aromatic carbocycles. The molecule has 0 spiro atoms. The molecule has 1 heterocycles. The van der Waals surface area contributed by atoms with Crippen LogP contribution >= 0.6 is 0 Å². The molecule has 38 heavy (non-hydrogen) atoms. The van der Waals surface area contributed by atoms with Gasteiger partial charge in [0.05, 0.1) is 26.8 Å². The predicted molar refractivity (Wildman–Crippen MR) is 138 cm³/mol. The van der Waals surface area contributed by atoms with Gasteiger partial charge in [-0.1, -0.05) is 60.7 Å². The molecule has 196 valence electrons. The van der Waals surface area contributed by atoms with Crippen molar-refractivity contribution < 1.29 is 33.4 Å². The minimum atomic E-state index is -2.17. The van der Waals surface area contributed by atoms with Crippen molar-refractivity contribution in [2.75, 3.05) is 20.8 Å². The Morgan fingerprint density at radius 1 is 0.921 bits per heavy atom. The Bertz CT molecular complexity index is 1320. The first kappa shape index (κ1) is 26.4. The number of nitrogens with one attached hydrogen (secondary N) is 1. The van der Waals surface area contributed by atoms with E-state index in [9.17, 15) is 19.2 Å². The zero-order valence-electron chi connectivity index (χ0n) is 21.3. The molecular formula is C29H28N2O7. The summed E-state index contributed by atoms with van der Waals surface area (Å²) in [4.78, 5) is 54.3. The molecule has 4 rings (SSSR count). The quantitative estimate of drug-likeness (QED) is 0.323. The molecule has 0 radical (unpaired) electrons. The summed E-state index contributed by atoms with van der Waals surface area (Å²) < 4.78 is 16.0. The standard InChI is InChI=1S/C29H28N2O7/c1-19(21-12-8-5-9-13-21)31-27(34)29(38-28(31)35,17-20-10-6-4-7-11-20)26(33)30-18-25(32)22-14-23(36-2)16-24(15-22)37-3/h4-16,19H,17-18H2,1-3H3,(H,30,33). The predicted octanol–water partition coefficient (Wildman–Crippen LogP) is 3.72. The summed E-state index contributed by atoms with van der Waals surface area (Å²) in [5, 5.41) is 2.51. The highest BCUT2D eigenvalue weighted by molar-refractivity contribution is 6.18. The molecule has 0 bridgehead atoms. The highest BCUT2D eigenvalue weighted by Gasteiger charge is 2.60. The second kappa shape index (κ2) is 11.2. The van der Waals surface area contributed by atoms with Crippen LogP contribution in [0.4, 0.5) is 4.79 Å². The summed E-state index contributed by atoms with van der Waals surface area (Å²) in [5.41, 5.74) is -0.612. The lowest BCUT2D eigenvalue weighted by Gasteiger charge is -2.25. The number of cyclic esters (lactones) is 1. The van der Waals surface area contributed by atoms with Crippen LogP contribution in [-0.4, -0.2) is 55.0 Å². The molecule has 1 aliphatic heterocycles. The van der Waals surface area contributed by atoms with Crippen LogP contribution in [0.5, 0.6) is 11.5 Å². The molecule has 3 aromatic rings. The number of Topliss-reactive ketones (excluding diaryl/α,β-unsaturated/α-hetero) is 1. The first-order valence-corrected chi connectivity index (χ1v) is 12.0. The molecule has 0 aromatic heterocycles. The number of carbonyl (C=O) groups excluding carboxylic acids is 4. The van der Waals surface area contributed by atoms with E-state index in [4.69, 9.17) is 14.2 Å².